The smallest absolute Gasteiger partial charge is 0.258 e. The van der Waals surface area contributed by atoms with Crippen LogP contribution in [0, 0.1) is 0 Å². The lowest BCUT2D eigenvalue weighted by Crippen LogP contribution is -2.36. The molecule has 1 fully saturated rings. The van der Waals surface area contributed by atoms with Crippen LogP contribution in [0.5, 0.6) is 5.75 Å². The third kappa shape index (κ3) is 6.00. The first-order valence-electron chi connectivity index (χ1n) is 8.88. The average molecular weight is 369 g/mol. The van der Waals surface area contributed by atoms with Gasteiger partial charge in [0.1, 0.15) is 5.75 Å². The van der Waals surface area contributed by atoms with Crippen LogP contribution in [0.4, 0.5) is 11.4 Å². The quantitative estimate of drug-likeness (QED) is 0.776. The first kappa shape index (κ1) is 18.7. The number of para-hydroxylation sites is 1. The monoisotopic (exact) mass is 369 g/mol. The van der Waals surface area contributed by atoms with Gasteiger partial charge in [0, 0.05) is 24.5 Å². The van der Waals surface area contributed by atoms with E-state index in [1.165, 1.54) is 0 Å². The number of anilines is 2. The van der Waals surface area contributed by atoms with Crippen LogP contribution in [0.25, 0.3) is 0 Å². The Bertz CT molecular complexity index is 744. The minimum Gasteiger partial charge on any atom is -0.484 e. The molecule has 1 aliphatic heterocycles. The molecule has 2 aromatic carbocycles. The Balaban J connectivity index is 1.39. The highest BCUT2D eigenvalue weighted by Crippen LogP contribution is 2.18. The summed E-state index contributed by atoms with van der Waals surface area (Å²) in [7, 11) is 0. The highest BCUT2D eigenvalue weighted by molar-refractivity contribution is 5.94. The van der Waals surface area contributed by atoms with Crippen LogP contribution in [-0.4, -0.2) is 51.3 Å². The van der Waals surface area contributed by atoms with E-state index in [0.29, 0.717) is 11.4 Å². The van der Waals surface area contributed by atoms with Crippen molar-refractivity contribution in [2.45, 2.75) is 0 Å². The largest absolute Gasteiger partial charge is 0.484 e. The van der Waals surface area contributed by atoms with Gasteiger partial charge in [0.05, 0.1) is 19.8 Å². The molecule has 1 aliphatic rings. The van der Waals surface area contributed by atoms with Gasteiger partial charge >= 0.3 is 0 Å². The number of morpholine rings is 1. The van der Waals surface area contributed by atoms with Crippen LogP contribution in [0.2, 0.25) is 0 Å². The topological polar surface area (TPSA) is 79.9 Å². The van der Waals surface area contributed by atoms with E-state index < -0.39 is 0 Å². The van der Waals surface area contributed by atoms with Crippen molar-refractivity contribution in [3.63, 3.8) is 0 Å². The maximum absolute atomic E-state index is 12.0. The maximum atomic E-state index is 12.0. The number of hydrogen-bond donors (Lipinski definition) is 2. The molecule has 0 aliphatic carbocycles. The van der Waals surface area contributed by atoms with Gasteiger partial charge in [0.15, 0.2) is 6.61 Å². The second-order valence-corrected chi connectivity index (χ2v) is 6.07. The minimum atomic E-state index is -0.350. The summed E-state index contributed by atoms with van der Waals surface area (Å²) in [4.78, 5) is 26.0. The number of hydrogen-bond acceptors (Lipinski definition) is 5. The third-order valence-electron chi connectivity index (χ3n) is 4.09. The fourth-order valence-electron chi connectivity index (χ4n) is 2.68. The molecule has 2 amide bonds. The lowest BCUT2D eigenvalue weighted by Gasteiger charge is -2.28. The van der Waals surface area contributed by atoms with Crippen LogP contribution in [0.3, 0.4) is 0 Å². The number of rotatable bonds is 7. The predicted octanol–water partition coefficient (Wildman–Crippen LogP) is 1.66. The van der Waals surface area contributed by atoms with E-state index in [1.54, 1.807) is 12.1 Å². The molecule has 3 rings (SSSR count). The Morgan fingerprint density at radius 2 is 1.67 bits per heavy atom. The Morgan fingerprint density at radius 1 is 0.963 bits per heavy atom. The van der Waals surface area contributed by atoms with E-state index >= 15 is 0 Å². The lowest BCUT2D eigenvalue weighted by atomic mass is 10.2. The molecular weight excluding hydrogens is 346 g/mol. The molecule has 0 unspecified atom stereocenters. The molecule has 27 heavy (non-hydrogen) atoms. The van der Waals surface area contributed by atoms with Gasteiger partial charge < -0.3 is 25.0 Å². The molecule has 7 heteroatoms. The number of benzene rings is 2. The molecule has 0 radical (unpaired) electrons. The molecule has 0 spiro atoms. The van der Waals surface area contributed by atoms with E-state index in [1.807, 2.05) is 42.5 Å². The summed E-state index contributed by atoms with van der Waals surface area (Å²) in [6, 6.07) is 16.7. The number of carbonyl (C=O) groups is 2. The van der Waals surface area contributed by atoms with Crippen LogP contribution in [0.1, 0.15) is 0 Å². The first-order valence-corrected chi connectivity index (χ1v) is 8.88. The zero-order chi connectivity index (χ0) is 18.9. The van der Waals surface area contributed by atoms with Crippen molar-refractivity contribution in [1.82, 2.24) is 5.32 Å². The van der Waals surface area contributed by atoms with Gasteiger partial charge in [-0.25, -0.2) is 0 Å². The van der Waals surface area contributed by atoms with Gasteiger partial charge in [0.2, 0.25) is 5.91 Å². The SMILES string of the molecule is O=C(COc1ccccc1)NCC(=O)Nc1ccc(N2CCOCC2)cc1. The van der Waals surface area contributed by atoms with Gasteiger partial charge in [-0.1, -0.05) is 18.2 Å². The zero-order valence-electron chi connectivity index (χ0n) is 15.0. The summed E-state index contributed by atoms with van der Waals surface area (Å²) in [6.07, 6.45) is 0. The summed E-state index contributed by atoms with van der Waals surface area (Å²) in [5.74, 6) is -0.0312. The summed E-state index contributed by atoms with van der Waals surface area (Å²) >= 11 is 0. The first-order chi connectivity index (χ1) is 13.2. The van der Waals surface area contributed by atoms with Crippen LogP contribution in [-0.2, 0) is 14.3 Å². The second-order valence-electron chi connectivity index (χ2n) is 6.07. The summed E-state index contributed by atoms with van der Waals surface area (Å²) < 4.78 is 10.7. The van der Waals surface area contributed by atoms with Crippen molar-refractivity contribution < 1.29 is 19.1 Å². The number of carbonyl (C=O) groups excluding carboxylic acids is 2. The Hall–Kier alpha value is -3.06. The molecule has 0 saturated carbocycles. The molecule has 2 N–H and O–H groups in total. The number of amides is 2. The van der Waals surface area contributed by atoms with E-state index in [0.717, 1.165) is 32.0 Å². The van der Waals surface area contributed by atoms with E-state index in [4.69, 9.17) is 9.47 Å². The van der Waals surface area contributed by atoms with Gasteiger partial charge in [-0.15, -0.1) is 0 Å². The third-order valence-corrected chi connectivity index (χ3v) is 4.09. The van der Waals surface area contributed by atoms with Crippen LogP contribution in [0.15, 0.2) is 54.6 Å². The van der Waals surface area contributed by atoms with Crippen molar-refractivity contribution in [3.05, 3.63) is 54.6 Å². The van der Waals surface area contributed by atoms with Crippen LogP contribution >= 0.6 is 0 Å². The summed E-state index contributed by atoms with van der Waals surface area (Å²) in [5, 5.41) is 5.30. The maximum Gasteiger partial charge on any atom is 0.258 e. The highest BCUT2D eigenvalue weighted by atomic mass is 16.5. The van der Waals surface area contributed by atoms with Crippen molar-refractivity contribution in [3.8, 4) is 5.75 Å². The Morgan fingerprint density at radius 3 is 2.37 bits per heavy atom. The van der Waals surface area contributed by atoms with E-state index in [-0.39, 0.29) is 25.0 Å². The van der Waals surface area contributed by atoms with Gasteiger partial charge in [-0.05, 0) is 36.4 Å². The standard InChI is InChI=1S/C20H23N3O4/c24-19(14-21-20(25)15-27-18-4-2-1-3-5-18)22-16-6-8-17(9-7-16)23-10-12-26-13-11-23/h1-9H,10-15H2,(H,21,25)(H,22,24). The number of nitrogens with one attached hydrogen (secondary N) is 2. The fourth-order valence-corrected chi connectivity index (χ4v) is 2.68. The van der Waals surface area contributed by atoms with Crippen LogP contribution < -0.4 is 20.3 Å². The molecule has 0 bridgehead atoms. The second kappa shape index (κ2) is 9.59. The van der Waals surface area contributed by atoms with E-state index in [2.05, 4.69) is 15.5 Å². The molecule has 142 valence electrons. The fraction of sp³-hybridized carbons (Fsp3) is 0.300. The molecule has 2 aromatic rings. The molecule has 1 heterocycles. The van der Waals surface area contributed by atoms with Gasteiger partial charge in [-0.2, -0.15) is 0 Å². The van der Waals surface area contributed by atoms with Gasteiger partial charge in [-0.3, -0.25) is 9.59 Å². The number of ether oxygens (including phenoxy) is 2. The van der Waals surface area contributed by atoms with E-state index in [9.17, 15) is 9.59 Å². The number of nitrogens with zero attached hydrogens (tertiary/aromatic N) is 1. The Labute approximate surface area is 158 Å². The minimum absolute atomic E-state index is 0.109. The molecule has 0 aromatic heterocycles. The lowest BCUT2D eigenvalue weighted by molar-refractivity contribution is -0.125. The van der Waals surface area contributed by atoms with Crippen molar-refractivity contribution in [2.75, 3.05) is 49.7 Å². The highest BCUT2D eigenvalue weighted by Gasteiger charge is 2.11. The average Bonchev–Trinajstić information content (AvgIpc) is 2.73. The van der Waals surface area contributed by atoms with Crippen molar-refractivity contribution >= 4 is 23.2 Å². The van der Waals surface area contributed by atoms with Crippen molar-refractivity contribution in [1.29, 1.82) is 0 Å². The molecule has 1 saturated heterocycles. The summed E-state index contributed by atoms with van der Waals surface area (Å²) in [5.41, 5.74) is 1.79. The molecule has 7 nitrogen and oxygen atoms in total. The van der Waals surface area contributed by atoms with Gasteiger partial charge in [0.25, 0.3) is 5.91 Å². The normalized spacial score (nSPS) is 13.7. The summed E-state index contributed by atoms with van der Waals surface area (Å²) in [6.45, 7) is 2.94. The molecular formula is C20H23N3O4. The van der Waals surface area contributed by atoms with Crippen molar-refractivity contribution in [2.24, 2.45) is 0 Å². The predicted molar refractivity (Wildman–Crippen MR) is 103 cm³/mol. The Kier molecular flexibility index (Phi) is 6.65. The zero-order valence-corrected chi connectivity index (χ0v) is 15.0. The molecule has 0 atom stereocenters.